The Hall–Kier alpha value is -4.22. The van der Waals surface area contributed by atoms with E-state index < -0.39 is 17.7 Å². The van der Waals surface area contributed by atoms with Crippen molar-refractivity contribution in [2.75, 3.05) is 39.3 Å². The normalized spacial score (nSPS) is 20.9. The van der Waals surface area contributed by atoms with E-state index in [0.717, 1.165) is 45.2 Å². The van der Waals surface area contributed by atoms with Gasteiger partial charge in [0.15, 0.2) is 0 Å². The Morgan fingerprint density at radius 2 is 1.77 bits per heavy atom. The van der Waals surface area contributed by atoms with Crippen molar-refractivity contribution in [2.24, 2.45) is 5.92 Å². The second-order valence-corrected chi connectivity index (χ2v) is 12.6. The Balaban J connectivity index is 0.992. The van der Waals surface area contributed by atoms with Gasteiger partial charge < -0.3 is 35.1 Å². The monoisotopic (exact) mass is 641 g/mol. The molecule has 0 aliphatic carbocycles. The average Bonchev–Trinajstić information content (AvgIpc) is 3.10. The molecule has 47 heavy (non-hydrogen) atoms. The third kappa shape index (κ3) is 7.36. The molecule has 2 bridgehead atoms. The van der Waals surface area contributed by atoms with E-state index in [1.807, 2.05) is 12.1 Å². The molecular formula is C37H43N3O7. The summed E-state index contributed by atoms with van der Waals surface area (Å²) in [4.78, 5) is 30.3. The van der Waals surface area contributed by atoms with Crippen LogP contribution in [0.4, 0.5) is 0 Å². The summed E-state index contributed by atoms with van der Waals surface area (Å²) in [7, 11) is 0. The van der Waals surface area contributed by atoms with Crippen LogP contribution in [-0.4, -0.2) is 76.6 Å². The van der Waals surface area contributed by atoms with E-state index in [9.17, 15) is 24.9 Å². The van der Waals surface area contributed by atoms with Crippen molar-refractivity contribution >= 4 is 16.9 Å². The molecule has 7 rings (SSSR count). The molecule has 10 nitrogen and oxygen atoms in total. The van der Waals surface area contributed by atoms with Gasteiger partial charge in [-0.2, -0.15) is 0 Å². The topological polar surface area (TPSA) is 144 Å². The molecule has 0 unspecified atom stereocenters. The Bertz CT molecular complexity index is 1720. The van der Waals surface area contributed by atoms with Crippen LogP contribution in [0.2, 0.25) is 0 Å². The number of phenols is 1. The smallest absolute Gasteiger partial charge is 0.348 e. The van der Waals surface area contributed by atoms with E-state index in [-0.39, 0.29) is 17.4 Å². The highest BCUT2D eigenvalue weighted by molar-refractivity contribution is 5.87. The SMILES string of the molecule is O=C(O[C@H]1CN2CCC1CC2)[C@](O)(c1ccccc1)c1cccc(OCCCCCNC[C@H](O)c2ccc(O)c3[nH]c(=O)ccc23)c1. The summed E-state index contributed by atoms with van der Waals surface area (Å²) in [5, 5.41) is 36.7. The highest BCUT2D eigenvalue weighted by atomic mass is 16.6. The second-order valence-electron chi connectivity index (χ2n) is 12.6. The van der Waals surface area contributed by atoms with Crippen LogP contribution < -0.4 is 15.6 Å². The molecule has 0 spiro atoms. The lowest BCUT2D eigenvalue weighted by Crippen LogP contribution is -2.53. The summed E-state index contributed by atoms with van der Waals surface area (Å²) in [5.41, 5.74) is -0.482. The Morgan fingerprint density at radius 1 is 0.979 bits per heavy atom. The molecule has 5 N–H and O–H groups in total. The van der Waals surface area contributed by atoms with Crippen LogP contribution in [0.25, 0.3) is 10.9 Å². The molecule has 1 aromatic heterocycles. The first-order chi connectivity index (χ1) is 22.8. The van der Waals surface area contributed by atoms with Gasteiger partial charge >= 0.3 is 5.97 Å². The number of hydrogen-bond donors (Lipinski definition) is 5. The van der Waals surface area contributed by atoms with E-state index in [0.29, 0.717) is 65.5 Å². The molecule has 0 radical (unpaired) electrons. The predicted octanol–water partition coefficient (Wildman–Crippen LogP) is 3.98. The van der Waals surface area contributed by atoms with Crippen molar-refractivity contribution in [3.63, 3.8) is 0 Å². The minimum absolute atomic E-state index is 0.0374. The minimum Gasteiger partial charge on any atom is -0.506 e. The number of aromatic hydroxyl groups is 1. The van der Waals surface area contributed by atoms with Gasteiger partial charge in [-0.3, -0.25) is 9.69 Å². The number of ether oxygens (including phenoxy) is 2. The largest absolute Gasteiger partial charge is 0.506 e. The van der Waals surface area contributed by atoms with E-state index in [4.69, 9.17) is 9.47 Å². The van der Waals surface area contributed by atoms with Crippen molar-refractivity contribution in [1.82, 2.24) is 15.2 Å². The molecule has 3 aromatic carbocycles. The zero-order valence-electron chi connectivity index (χ0n) is 26.4. The number of rotatable bonds is 14. The number of pyridine rings is 1. The number of aliphatic hydroxyl groups excluding tert-OH is 1. The molecule has 248 valence electrons. The molecule has 0 saturated carbocycles. The summed E-state index contributed by atoms with van der Waals surface area (Å²) in [6.07, 6.45) is 3.55. The number of phenolic OH excluding ortho intramolecular Hbond substituents is 1. The molecule has 3 aliphatic rings. The molecule has 10 heteroatoms. The fraction of sp³-hybridized carbons (Fsp3) is 0.405. The average molecular weight is 642 g/mol. The summed E-state index contributed by atoms with van der Waals surface area (Å²) in [6.45, 7) is 4.27. The number of nitrogens with zero attached hydrogens (tertiary/aromatic N) is 1. The number of nitrogens with one attached hydrogen (secondary N) is 2. The van der Waals surface area contributed by atoms with E-state index in [1.54, 1.807) is 54.6 Å². The Labute approximate surface area is 274 Å². The van der Waals surface area contributed by atoms with E-state index >= 15 is 0 Å². The number of fused-ring (bicyclic) bond motifs is 4. The highest BCUT2D eigenvalue weighted by Crippen LogP contribution is 2.36. The molecule has 3 fully saturated rings. The standard InChI is InChI=1S/C37H43N3O7/c41-31-14-12-29(30-13-15-34(43)39-35(30)31)32(42)23-38-18-5-2-6-21-46-28-11-7-10-27(22-28)37(45,26-8-3-1-4-9-26)36(44)47-33-24-40-19-16-25(33)17-20-40/h1,3-4,7-15,22,25,32-33,38,41-42,45H,2,5-6,16-21,23-24H2,(H,39,43)/t32-,33-,37-/m0/s1. The third-order valence-electron chi connectivity index (χ3n) is 9.46. The van der Waals surface area contributed by atoms with Crippen LogP contribution in [0.3, 0.4) is 0 Å². The number of aromatic amines is 1. The van der Waals surface area contributed by atoms with E-state index in [2.05, 4.69) is 15.2 Å². The maximum absolute atomic E-state index is 13.7. The van der Waals surface area contributed by atoms with Crippen LogP contribution in [0.5, 0.6) is 11.5 Å². The van der Waals surface area contributed by atoms with Crippen LogP contribution in [-0.2, 0) is 15.1 Å². The van der Waals surface area contributed by atoms with Crippen molar-refractivity contribution < 1.29 is 29.6 Å². The van der Waals surface area contributed by atoms with Crippen LogP contribution in [0, 0.1) is 5.92 Å². The number of aliphatic hydroxyl groups is 2. The summed E-state index contributed by atoms with van der Waals surface area (Å²) >= 11 is 0. The number of esters is 1. The van der Waals surface area contributed by atoms with Gasteiger partial charge in [-0.25, -0.2) is 4.79 Å². The van der Waals surface area contributed by atoms with Gasteiger partial charge in [0.05, 0.1) is 18.2 Å². The first kappa shape index (κ1) is 32.7. The number of unbranched alkanes of at least 4 members (excludes halogenated alkanes) is 2. The number of carbonyl (C=O) groups excluding carboxylic acids is 1. The fourth-order valence-corrected chi connectivity index (χ4v) is 6.78. The van der Waals surface area contributed by atoms with Gasteiger partial charge in [0.2, 0.25) is 11.2 Å². The molecule has 3 saturated heterocycles. The number of H-pyrrole nitrogens is 1. The molecule has 3 aliphatic heterocycles. The number of carbonyl (C=O) groups is 1. The first-order valence-electron chi connectivity index (χ1n) is 16.5. The van der Waals surface area contributed by atoms with Gasteiger partial charge in [-0.15, -0.1) is 0 Å². The van der Waals surface area contributed by atoms with Crippen LogP contribution in [0.1, 0.15) is 54.9 Å². The van der Waals surface area contributed by atoms with Crippen molar-refractivity contribution in [2.45, 2.75) is 49.9 Å². The van der Waals surface area contributed by atoms with Gasteiger partial charge in [0.25, 0.3) is 0 Å². The summed E-state index contributed by atoms with van der Waals surface area (Å²) in [6, 6.07) is 22.1. The van der Waals surface area contributed by atoms with Crippen LogP contribution in [0.15, 0.2) is 83.7 Å². The van der Waals surface area contributed by atoms with Crippen molar-refractivity contribution in [3.8, 4) is 11.5 Å². The molecular weight excluding hydrogens is 598 g/mol. The number of aromatic nitrogens is 1. The molecule has 3 atom stereocenters. The maximum Gasteiger partial charge on any atom is 0.348 e. The molecule has 0 amide bonds. The first-order valence-corrected chi connectivity index (χ1v) is 16.5. The highest BCUT2D eigenvalue weighted by Gasteiger charge is 2.45. The second kappa shape index (κ2) is 14.7. The number of piperidine rings is 3. The van der Waals surface area contributed by atoms with Gasteiger partial charge in [-0.05, 0) is 93.0 Å². The number of benzene rings is 3. The molecule has 4 aromatic rings. The van der Waals surface area contributed by atoms with Crippen molar-refractivity contribution in [3.05, 3.63) is 106 Å². The minimum atomic E-state index is -1.97. The zero-order chi connectivity index (χ0) is 32.8. The molecule has 4 heterocycles. The Morgan fingerprint density at radius 3 is 2.53 bits per heavy atom. The summed E-state index contributed by atoms with van der Waals surface area (Å²) in [5.74, 6) is 0.193. The lowest BCUT2D eigenvalue weighted by Gasteiger charge is -2.44. The van der Waals surface area contributed by atoms with Gasteiger partial charge in [0.1, 0.15) is 17.6 Å². The third-order valence-corrected chi connectivity index (χ3v) is 9.46. The van der Waals surface area contributed by atoms with Crippen molar-refractivity contribution in [1.29, 1.82) is 0 Å². The number of hydrogen-bond acceptors (Lipinski definition) is 9. The quantitative estimate of drug-likeness (QED) is 0.102. The van der Waals surface area contributed by atoms with Gasteiger partial charge in [-0.1, -0.05) is 48.5 Å². The fourth-order valence-electron chi connectivity index (χ4n) is 6.78. The van der Waals surface area contributed by atoms with E-state index in [1.165, 1.54) is 12.1 Å². The zero-order valence-corrected chi connectivity index (χ0v) is 26.4. The predicted molar refractivity (Wildman–Crippen MR) is 178 cm³/mol. The Kier molecular flexibility index (Phi) is 10.2. The maximum atomic E-state index is 13.7. The summed E-state index contributed by atoms with van der Waals surface area (Å²) < 4.78 is 12.1. The van der Waals surface area contributed by atoms with Crippen LogP contribution >= 0.6 is 0 Å². The van der Waals surface area contributed by atoms with Gasteiger partial charge in [0, 0.05) is 30.1 Å². The lowest BCUT2D eigenvalue weighted by molar-refractivity contribution is -0.177. The lowest BCUT2D eigenvalue weighted by atomic mass is 9.84.